The van der Waals surface area contributed by atoms with Gasteiger partial charge in [0.15, 0.2) is 5.13 Å². The van der Waals surface area contributed by atoms with Crippen LogP contribution in [0.4, 0.5) is 9.52 Å². The molecular weight excluding hydrogens is 551 g/mol. The summed E-state index contributed by atoms with van der Waals surface area (Å²) >= 11 is 7.71. The fraction of sp³-hybridized carbons (Fsp3) is 0.269. The maximum atomic E-state index is 14.2. The van der Waals surface area contributed by atoms with Crippen LogP contribution in [0.1, 0.15) is 18.5 Å². The monoisotopic (exact) mass is 574 g/mol. The van der Waals surface area contributed by atoms with Crippen molar-refractivity contribution in [2.45, 2.75) is 24.3 Å². The number of methoxy groups -OCH3 is 1. The van der Waals surface area contributed by atoms with E-state index in [0.29, 0.717) is 44.7 Å². The zero-order chi connectivity index (χ0) is 26.9. The number of fused-ring (bicyclic) bond motifs is 1. The Morgan fingerprint density at radius 3 is 2.58 bits per heavy atom. The third kappa shape index (κ3) is 5.11. The number of anilines is 1. The molecule has 4 aromatic rings. The molecule has 3 heterocycles. The highest BCUT2D eigenvalue weighted by Crippen LogP contribution is 2.40. The van der Waals surface area contributed by atoms with Crippen molar-refractivity contribution < 1.29 is 22.3 Å². The minimum absolute atomic E-state index is 0.101. The minimum Gasteiger partial charge on any atom is -0.494 e. The van der Waals surface area contributed by atoms with E-state index >= 15 is 0 Å². The number of aromatic nitrogens is 2. The number of carbonyl (C=O) groups is 1. The van der Waals surface area contributed by atoms with E-state index in [9.17, 15) is 17.6 Å². The highest BCUT2D eigenvalue weighted by atomic mass is 35.5. The fourth-order valence-electron chi connectivity index (χ4n) is 4.47. The number of halogens is 2. The highest BCUT2D eigenvalue weighted by Gasteiger charge is 2.36. The van der Waals surface area contributed by atoms with Crippen molar-refractivity contribution in [1.82, 2.24) is 14.3 Å². The Balaban J connectivity index is 1.42. The largest absolute Gasteiger partial charge is 0.494 e. The molecule has 0 unspecified atom stereocenters. The molecule has 0 bridgehead atoms. The van der Waals surface area contributed by atoms with E-state index in [1.165, 1.54) is 33.8 Å². The van der Waals surface area contributed by atoms with E-state index in [-0.39, 0.29) is 30.4 Å². The number of hydrogen-bond acceptors (Lipinski definition) is 7. The fourth-order valence-corrected chi connectivity index (χ4v) is 7.27. The highest BCUT2D eigenvalue weighted by molar-refractivity contribution is 7.89. The Labute approximate surface area is 228 Å². The molecule has 198 valence electrons. The molecule has 38 heavy (non-hydrogen) atoms. The number of pyridine rings is 1. The van der Waals surface area contributed by atoms with Crippen molar-refractivity contribution in [3.05, 3.63) is 77.3 Å². The van der Waals surface area contributed by atoms with Gasteiger partial charge in [-0.2, -0.15) is 4.31 Å². The summed E-state index contributed by atoms with van der Waals surface area (Å²) in [6.07, 6.45) is 2.24. The summed E-state index contributed by atoms with van der Waals surface area (Å²) in [5.74, 6) is -0.885. The second-order valence-corrected chi connectivity index (χ2v) is 12.1. The summed E-state index contributed by atoms with van der Waals surface area (Å²) in [6, 6.07) is 14.2. The second-order valence-electron chi connectivity index (χ2n) is 8.78. The third-order valence-electron chi connectivity index (χ3n) is 6.47. The SMILES string of the molecule is COc1ccc(Cl)c2sc(N(Cc3ccccn3)C(=O)C3CCN(S(=O)(=O)c4ccccc4F)CC3)nc12. The number of sulfonamides is 1. The van der Waals surface area contributed by atoms with Gasteiger partial charge < -0.3 is 4.74 Å². The van der Waals surface area contributed by atoms with Crippen LogP contribution in [0.15, 0.2) is 65.7 Å². The molecular formula is C26H24ClFN4O4S2. The average Bonchev–Trinajstić information content (AvgIpc) is 3.39. The van der Waals surface area contributed by atoms with E-state index in [0.717, 1.165) is 6.07 Å². The number of carbonyl (C=O) groups excluding carboxylic acids is 1. The molecule has 2 aromatic carbocycles. The molecule has 1 amide bonds. The van der Waals surface area contributed by atoms with Gasteiger partial charge in [-0.05, 0) is 49.2 Å². The van der Waals surface area contributed by atoms with Gasteiger partial charge in [-0.1, -0.05) is 41.1 Å². The lowest BCUT2D eigenvalue weighted by Gasteiger charge is -2.33. The Hall–Kier alpha value is -3.12. The van der Waals surface area contributed by atoms with Crippen LogP contribution in [0.25, 0.3) is 10.2 Å². The Kier molecular flexibility index (Phi) is 7.62. The van der Waals surface area contributed by atoms with Gasteiger partial charge in [0, 0.05) is 25.2 Å². The van der Waals surface area contributed by atoms with Crippen LogP contribution in [0.3, 0.4) is 0 Å². The maximum Gasteiger partial charge on any atom is 0.245 e. The molecule has 0 radical (unpaired) electrons. The van der Waals surface area contributed by atoms with Gasteiger partial charge in [0.2, 0.25) is 15.9 Å². The van der Waals surface area contributed by atoms with Crippen LogP contribution in [0.2, 0.25) is 5.02 Å². The van der Waals surface area contributed by atoms with Crippen LogP contribution < -0.4 is 9.64 Å². The first kappa shape index (κ1) is 26.5. The van der Waals surface area contributed by atoms with Gasteiger partial charge in [-0.15, -0.1) is 0 Å². The summed E-state index contributed by atoms with van der Waals surface area (Å²) in [5.41, 5.74) is 1.24. The van der Waals surface area contributed by atoms with E-state index < -0.39 is 21.8 Å². The van der Waals surface area contributed by atoms with E-state index in [1.54, 1.807) is 36.4 Å². The minimum atomic E-state index is -4.01. The Morgan fingerprint density at radius 1 is 1.16 bits per heavy atom. The lowest BCUT2D eigenvalue weighted by molar-refractivity contribution is -0.123. The van der Waals surface area contributed by atoms with Crippen molar-refractivity contribution in [2.75, 3.05) is 25.1 Å². The standard InChI is InChI=1S/C26H24ClFN4O4S2/c1-36-21-10-9-19(27)24-23(21)30-26(37-24)32(16-18-6-4-5-13-29-18)25(33)17-11-14-31(15-12-17)38(34,35)22-8-3-2-7-20(22)28/h2-10,13,17H,11-12,14-16H2,1H3. The van der Waals surface area contributed by atoms with Crippen molar-refractivity contribution in [1.29, 1.82) is 0 Å². The zero-order valence-electron chi connectivity index (χ0n) is 20.4. The lowest BCUT2D eigenvalue weighted by atomic mass is 9.96. The summed E-state index contributed by atoms with van der Waals surface area (Å²) in [6.45, 7) is 0.390. The molecule has 5 rings (SSSR count). The van der Waals surface area contributed by atoms with Crippen LogP contribution in [-0.2, 0) is 21.4 Å². The number of hydrogen-bond donors (Lipinski definition) is 0. The van der Waals surface area contributed by atoms with Crippen molar-refractivity contribution in [3.8, 4) is 5.75 Å². The summed E-state index contributed by atoms with van der Waals surface area (Å²) < 4.78 is 47.6. The quantitative estimate of drug-likeness (QED) is 0.304. The van der Waals surface area contributed by atoms with Gasteiger partial charge >= 0.3 is 0 Å². The maximum absolute atomic E-state index is 14.2. The second kappa shape index (κ2) is 10.9. The first-order valence-corrected chi connectivity index (χ1v) is 14.5. The van der Waals surface area contributed by atoms with Gasteiger partial charge in [0.25, 0.3) is 0 Å². The number of piperidine rings is 1. The zero-order valence-corrected chi connectivity index (χ0v) is 22.8. The number of benzene rings is 2. The molecule has 0 N–H and O–H groups in total. The number of ether oxygens (including phenoxy) is 1. The van der Waals surface area contributed by atoms with Crippen LogP contribution in [0, 0.1) is 11.7 Å². The Morgan fingerprint density at radius 2 is 1.89 bits per heavy atom. The van der Waals surface area contributed by atoms with Gasteiger partial charge in [0.1, 0.15) is 22.0 Å². The Bertz CT molecular complexity index is 1570. The molecule has 1 aliphatic heterocycles. The summed E-state index contributed by atoms with van der Waals surface area (Å²) in [7, 11) is -2.46. The molecule has 1 aliphatic rings. The van der Waals surface area contributed by atoms with Crippen molar-refractivity contribution in [3.63, 3.8) is 0 Å². The van der Waals surface area contributed by atoms with Crippen LogP contribution in [0.5, 0.6) is 5.75 Å². The number of amides is 1. The van der Waals surface area contributed by atoms with E-state index in [4.69, 9.17) is 21.3 Å². The number of nitrogens with zero attached hydrogens (tertiary/aromatic N) is 4. The molecule has 12 heteroatoms. The van der Waals surface area contributed by atoms with Gasteiger partial charge in [0.05, 0.1) is 29.1 Å². The smallest absolute Gasteiger partial charge is 0.245 e. The van der Waals surface area contributed by atoms with E-state index in [2.05, 4.69) is 4.98 Å². The molecule has 0 atom stereocenters. The predicted octanol–water partition coefficient (Wildman–Crippen LogP) is 5.13. The molecule has 0 spiro atoms. The van der Waals surface area contributed by atoms with Crippen LogP contribution >= 0.6 is 22.9 Å². The first-order valence-electron chi connectivity index (χ1n) is 11.9. The molecule has 0 aliphatic carbocycles. The molecule has 1 saturated heterocycles. The number of thiazole rings is 1. The first-order chi connectivity index (χ1) is 18.3. The molecule has 1 fully saturated rings. The summed E-state index contributed by atoms with van der Waals surface area (Å²) in [4.78, 5) is 24.2. The normalized spacial score (nSPS) is 15.0. The predicted molar refractivity (Wildman–Crippen MR) is 144 cm³/mol. The van der Waals surface area contributed by atoms with Gasteiger partial charge in [-0.3, -0.25) is 14.7 Å². The van der Waals surface area contributed by atoms with Crippen LogP contribution in [-0.4, -0.2) is 48.8 Å². The van der Waals surface area contributed by atoms with Crippen molar-refractivity contribution in [2.24, 2.45) is 5.92 Å². The average molecular weight is 575 g/mol. The van der Waals surface area contributed by atoms with Crippen molar-refractivity contribution >= 4 is 54.2 Å². The third-order valence-corrected chi connectivity index (χ3v) is 9.94. The topological polar surface area (TPSA) is 92.7 Å². The summed E-state index contributed by atoms with van der Waals surface area (Å²) in [5, 5.41) is 0.949. The number of rotatable bonds is 7. The van der Waals surface area contributed by atoms with E-state index in [1.807, 2.05) is 12.1 Å². The molecule has 2 aromatic heterocycles. The lowest BCUT2D eigenvalue weighted by Crippen LogP contribution is -2.44. The van der Waals surface area contributed by atoms with Gasteiger partial charge in [-0.25, -0.2) is 17.8 Å². The molecule has 8 nitrogen and oxygen atoms in total. The molecule has 0 saturated carbocycles.